The average Bonchev–Trinajstić information content (AvgIpc) is 3.30. The Morgan fingerprint density at radius 2 is 2.07 bits per heavy atom. The van der Waals surface area contributed by atoms with Crippen molar-refractivity contribution in [2.45, 2.75) is 38.0 Å². The SMILES string of the molecule is COCCn1ncc(Nc2nc(NC3(C)CC3)ncc2C(F)(F)F)cc1=O. The molecule has 0 saturated heterocycles. The van der Waals surface area contributed by atoms with Crippen LogP contribution in [0.15, 0.2) is 23.3 Å². The van der Waals surface area contributed by atoms with Crippen LogP contribution in [0, 0.1) is 0 Å². The Morgan fingerprint density at radius 3 is 2.67 bits per heavy atom. The van der Waals surface area contributed by atoms with Crippen molar-refractivity contribution in [1.29, 1.82) is 0 Å². The highest BCUT2D eigenvalue weighted by atomic mass is 19.4. The molecule has 27 heavy (non-hydrogen) atoms. The van der Waals surface area contributed by atoms with E-state index in [4.69, 9.17) is 4.74 Å². The molecule has 11 heteroatoms. The number of alkyl halides is 3. The van der Waals surface area contributed by atoms with E-state index in [1.54, 1.807) is 0 Å². The molecule has 2 heterocycles. The largest absolute Gasteiger partial charge is 0.421 e. The Hall–Kier alpha value is -2.69. The fourth-order valence-electron chi connectivity index (χ4n) is 2.31. The molecule has 2 N–H and O–H groups in total. The van der Waals surface area contributed by atoms with Crippen LogP contribution >= 0.6 is 0 Å². The van der Waals surface area contributed by atoms with Crippen molar-refractivity contribution in [1.82, 2.24) is 19.7 Å². The van der Waals surface area contributed by atoms with E-state index in [9.17, 15) is 18.0 Å². The predicted molar refractivity (Wildman–Crippen MR) is 92.0 cm³/mol. The first-order valence-electron chi connectivity index (χ1n) is 8.26. The summed E-state index contributed by atoms with van der Waals surface area (Å²) in [7, 11) is 1.49. The van der Waals surface area contributed by atoms with E-state index < -0.39 is 23.1 Å². The summed E-state index contributed by atoms with van der Waals surface area (Å²) in [6.07, 6.45) is -0.885. The van der Waals surface area contributed by atoms with Gasteiger partial charge < -0.3 is 15.4 Å². The smallest absolute Gasteiger partial charge is 0.383 e. The van der Waals surface area contributed by atoms with Gasteiger partial charge in [0.15, 0.2) is 0 Å². The lowest BCUT2D eigenvalue weighted by Gasteiger charge is -2.16. The van der Waals surface area contributed by atoms with Crippen LogP contribution in [0.4, 0.5) is 30.6 Å². The van der Waals surface area contributed by atoms with E-state index in [1.807, 2.05) is 6.92 Å². The maximum atomic E-state index is 13.3. The Morgan fingerprint density at radius 1 is 1.33 bits per heavy atom. The number of hydrogen-bond acceptors (Lipinski definition) is 7. The van der Waals surface area contributed by atoms with Gasteiger partial charge in [-0.2, -0.15) is 23.3 Å². The van der Waals surface area contributed by atoms with Crippen LogP contribution in [0.25, 0.3) is 0 Å². The first-order chi connectivity index (χ1) is 12.7. The highest BCUT2D eigenvalue weighted by molar-refractivity contribution is 5.60. The maximum Gasteiger partial charge on any atom is 0.421 e. The number of anilines is 3. The summed E-state index contributed by atoms with van der Waals surface area (Å²) >= 11 is 0. The zero-order valence-corrected chi connectivity index (χ0v) is 14.8. The molecule has 0 unspecified atom stereocenters. The summed E-state index contributed by atoms with van der Waals surface area (Å²) in [6, 6.07) is 1.15. The normalized spacial score (nSPS) is 15.4. The van der Waals surface area contributed by atoms with Crippen LogP contribution in [0.3, 0.4) is 0 Å². The summed E-state index contributed by atoms with van der Waals surface area (Å²) in [5.74, 6) is -0.355. The Kier molecular flexibility index (Phi) is 5.05. The number of aromatic nitrogens is 4. The van der Waals surface area contributed by atoms with Crippen LogP contribution in [0.1, 0.15) is 25.3 Å². The predicted octanol–water partition coefficient (Wildman–Crippen LogP) is 2.41. The van der Waals surface area contributed by atoms with Crippen LogP contribution in [0.2, 0.25) is 0 Å². The number of rotatable bonds is 7. The number of ether oxygens (including phenoxy) is 1. The van der Waals surface area contributed by atoms with E-state index in [0.29, 0.717) is 0 Å². The summed E-state index contributed by atoms with van der Waals surface area (Å²) in [6.45, 7) is 2.46. The van der Waals surface area contributed by atoms with Gasteiger partial charge in [0.05, 0.1) is 25.0 Å². The Bertz CT molecular complexity index is 879. The number of halogens is 3. The van der Waals surface area contributed by atoms with Crippen molar-refractivity contribution in [2.75, 3.05) is 24.4 Å². The quantitative estimate of drug-likeness (QED) is 0.757. The van der Waals surface area contributed by atoms with E-state index in [1.165, 1.54) is 13.3 Å². The van der Waals surface area contributed by atoms with Crippen molar-refractivity contribution in [3.63, 3.8) is 0 Å². The van der Waals surface area contributed by atoms with E-state index in [0.717, 1.165) is 29.8 Å². The first-order valence-corrected chi connectivity index (χ1v) is 8.26. The lowest BCUT2D eigenvalue weighted by Crippen LogP contribution is -2.24. The molecule has 0 amide bonds. The number of methoxy groups -OCH3 is 1. The third kappa shape index (κ3) is 4.73. The van der Waals surface area contributed by atoms with Gasteiger partial charge in [0.25, 0.3) is 5.56 Å². The number of nitrogens with zero attached hydrogens (tertiary/aromatic N) is 4. The van der Waals surface area contributed by atoms with Gasteiger partial charge in [-0.15, -0.1) is 0 Å². The maximum absolute atomic E-state index is 13.3. The van der Waals surface area contributed by atoms with Crippen LogP contribution in [0.5, 0.6) is 0 Å². The van der Waals surface area contributed by atoms with Crippen molar-refractivity contribution < 1.29 is 17.9 Å². The second-order valence-electron chi connectivity index (χ2n) is 6.56. The molecule has 1 aliphatic rings. The van der Waals surface area contributed by atoms with E-state index >= 15 is 0 Å². The van der Waals surface area contributed by atoms with Crippen LogP contribution < -0.4 is 16.2 Å². The van der Waals surface area contributed by atoms with Gasteiger partial charge in [-0.1, -0.05) is 0 Å². The molecule has 1 aliphatic carbocycles. The van der Waals surface area contributed by atoms with Gasteiger partial charge >= 0.3 is 6.18 Å². The van der Waals surface area contributed by atoms with Crippen molar-refractivity contribution in [3.05, 3.63) is 34.4 Å². The molecular weight excluding hydrogens is 365 g/mol. The van der Waals surface area contributed by atoms with Crippen LogP contribution in [-0.2, 0) is 17.5 Å². The molecule has 1 fully saturated rings. The molecule has 0 spiro atoms. The molecule has 3 rings (SSSR count). The standard InChI is InChI=1S/C16H19F3N6O2/c1-15(3-4-15)24-14-20-9-11(16(17,18)19)13(23-14)22-10-7-12(26)25(21-8-10)5-6-27-2/h7-9H,3-6H2,1-2H3,(H2,20,22,23,24). The van der Waals surface area contributed by atoms with Crippen molar-refractivity contribution >= 4 is 17.5 Å². The number of nitrogens with one attached hydrogen (secondary N) is 2. The Labute approximate surface area is 152 Å². The van der Waals surface area contributed by atoms with E-state index in [-0.39, 0.29) is 30.3 Å². The van der Waals surface area contributed by atoms with Crippen molar-refractivity contribution in [2.24, 2.45) is 0 Å². The topological polar surface area (TPSA) is 94.0 Å². The monoisotopic (exact) mass is 384 g/mol. The Balaban J connectivity index is 1.88. The molecule has 0 bridgehead atoms. The molecule has 1 saturated carbocycles. The van der Waals surface area contributed by atoms with Crippen molar-refractivity contribution in [3.8, 4) is 0 Å². The zero-order valence-electron chi connectivity index (χ0n) is 14.8. The van der Waals surface area contributed by atoms with Gasteiger partial charge in [-0.3, -0.25) is 4.79 Å². The lowest BCUT2D eigenvalue weighted by molar-refractivity contribution is -0.137. The molecule has 146 valence electrons. The van der Waals surface area contributed by atoms with Gasteiger partial charge in [-0.05, 0) is 19.8 Å². The fraction of sp³-hybridized carbons (Fsp3) is 0.500. The highest BCUT2D eigenvalue weighted by Crippen LogP contribution is 2.39. The second-order valence-corrected chi connectivity index (χ2v) is 6.56. The van der Waals surface area contributed by atoms with Gasteiger partial charge in [0, 0.05) is 24.9 Å². The van der Waals surface area contributed by atoms with Crippen LogP contribution in [-0.4, -0.2) is 39.0 Å². The van der Waals surface area contributed by atoms with E-state index in [2.05, 4.69) is 25.7 Å². The van der Waals surface area contributed by atoms with Gasteiger partial charge in [0.2, 0.25) is 5.95 Å². The lowest BCUT2D eigenvalue weighted by atomic mass is 10.3. The molecule has 0 aliphatic heterocycles. The summed E-state index contributed by atoms with van der Waals surface area (Å²) in [4.78, 5) is 19.7. The molecular formula is C16H19F3N6O2. The molecule has 0 atom stereocenters. The summed E-state index contributed by atoms with van der Waals surface area (Å²) in [5, 5.41) is 9.46. The van der Waals surface area contributed by atoms with Gasteiger partial charge in [0.1, 0.15) is 11.4 Å². The minimum atomic E-state index is -4.65. The third-order valence-electron chi connectivity index (χ3n) is 4.15. The zero-order chi connectivity index (χ0) is 19.7. The highest BCUT2D eigenvalue weighted by Gasteiger charge is 2.39. The summed E-state index contributed by atoms with van der Waals surface area (Å²) in [5.41, 5.74) is -1.59. The molecule has 2 aromatic rings. The fourth-order valence-corrected chi connectivity index (χ4v) is 2.31. The average molecular weight is 384 g/mol. The molecule has 2 aromatic heterocycles. The second kappa shape index (κ2) is 7.14. The molecule has 0 radical (unpaired) electrons. The molecule has 8 nitrogen and oxygen atoms in total. The van der Waals surface area contributed by atoms with Gasteiger partial charge in [-0.25, -0.2) is 9.67 Å². The first kappa shape index (κ1) is 19.1. The minimum Gasteiger partial charge on any atom is -0.383 e. The minimum absolute atomic E-state index is 0.0897. The summed E-state index contributed by atoms with van der Waals surface area (Å²) < 4.78 is 45.9. The third-order valence-corrected chi connectivity index (χ3v) is 4.15. The molecule has 0 aromatic carbocycles. The number of hydrogen-bond donors (Lipinski definition) is 2.